The third-order valence-electron chi connectivity index (χ3n) is 4.26. The first-order chi connectivity index (χ1) is 10.0. The van der Waals surface area contributed by atoms with E-state index in [1.165, 1.54) is 0 Å². The lowest BCUT2D eigenvalue weighted by atomic mass is 9.86. The Hall–Kier alpha value is -1.10. The summed E-state index contributed by atoms with van der Waals surface area (Å²) in [6.07, 6.45) is 3.90. The van der Waals surface area contributed by atoms with Gasteiger partial charge in [-0.1, -0.05) is 0 Å². The summed E-state index contributed by atoms with van der Waals surface area (Å²) in [5.41, 5.74) is 0. The van der Waals surface area contributed by atoms with Crippen molar-refractivity contribution in [1.29, 1.82) is 0 Å². The molecule has 0 radical (unpaired) electrons. The maximum atomic E-state index is 12.4. The van der Waals surface area contributed by atoms with Gasteiger partial charge in [-0.25, -0.2) is 0 Å². The lowest BCUT2D eigenvalue weighted by Gasteiger charge is -2.42. The molecule has 3 atom stereocenters. The summed E-state index contributed by atoms with van der Waals surface area (Å²) in [4.78, 5) is 26.3. The standard InChI is InChI=1S/C16H29NO4/c1-5-21-16(19)14-10-9-12(2)17(13(14)3)15(18)8-6-7-11-20-4/h12-14H,5-11H2,1-4H3/t12-,13+,14+/m0/s1. The van der Waals surface area contributed by atoms with Crippen LogP contribution < -0.4 is 0 Å². The summed E-state index contributed by atoms with van der Waals surface area (Å²) < 4.78 is 10.1. The van der Waals surface area contributed by atoms with Crippen molar-refractivity contribution in [2.75, 3.05) is 20.3 Å². The number of esters is 1. The molecule has 1 heterocycles. The lowest BCUT2D eigenvalue weighted by Crippen LogP contribution is -2.53. The van der Waals surface area contributed by atoms with E-state index < -0.39 is 0 Å². The van der Waals surface area contributed by atoms with Crippen LogP contribution in [0.1, 0.15) is 52.9 Å². The van der Waals surface area contributed by atoms with E-state index in [2.05, 4.69) is 6.92 Å². The molecule has 122 valence electrons. The van der Waals surface area contributed by atoms with Crippen molar-refractivity contribution >= 4 is 11.9 Å². The molecule has 1 amide bonds. The van der Waals surface area contributed by atoms with E-state index in [4.69, 9.17) is 9.47 Å². The van der Waals surface area contributed by atoms with E-state index in [9.17, 15) is 9.59 Å². The van der Waals surface area contributed by atoms with Crippen LogP contribution in [0.15, 0.2) is 0 Å². The Morgan fingerprint density at radius 3 is 2.52 bits per heavy atom. The molecule has 0 unspecified atom stereocenters. The summed E-state index contributed by atoms with van der Waals surface area (Å²) in [6, 6.07) is 0.114. The Balaban J connectivity index is 2.60. The fourth-order valence-corrected chi connectivity index (χ4v) is 3.09. The number of hydrogen-bond donors (Lipinski definition) is 0. The van der Waals surface area contributed by atoms with Crippen LogP contribution in [-0.4, -0.2) is 49.2 Å². The average molecular weight is 299 g/mol. The third kappa shape index (κ3) is 4.99. The van der Waals surface area contributed by atoms with Gasteiger partial charge in [0.1, 0.15) is 0 Å². The van der Waals surface area contributed by atoms with E-state index in [1.54, 1.807) is 7.11 Å². The van der Waals surface area contributed by atoms with Crippen molar-refractivity contribution in [2.45, 2.75) is 65.0 Å². The number of ether oxygens (including phenoxy) is 2. The summed E-state index contributed by atoms with van der Waals surface area (Å²) in [5, 5.41) is 0. The molecule has 1 rings (SSSR count). The van der Waals surface area contributed by atoms with Gasteiger partial charge in [-0.15, -0.1) is 0 Å². The number of carbonyl (C=O) groups excluding carboxylic acids is 2. The molecule has 0 N–H and O–H groups in total. The second-order valence-corrected chi connectivity index (χ2v) is 5.78. The van der Waals surface area contributed by atoms with Gasteiger partial charge in [0.2, 0.25) is 5.91 Å². The predicted octanol–water partition coefficient (Wildman–Crippen LogP) is 2.38. The molecular formula is C16H29NO4. The molecule has 0 aromatic carbocycles. The van der Waals surface area contributed by atoms with Crippen molar-refractivity contribution in [2.24, 2.45) is 5.92 Å². The Bertz CT molecular complexity index is 345. The zero-order valence-corrected chi connectivity index (χ0v) is 13.8. The molecule has 21 heavy (non-hydrogen) atoms. The number of nitrogens with zero attached hydrogens (tertiary/aromatic N) is 1. The van der Waals surface area contributed by atoms with Gasteiger partial charge in [0, 0.05) is 32.2 Å². The maximum absolute atomic E-state index is 12.4. The number of unbranched alkanes of at least 4 members (excludes halogenated alkanes) is 1. The molecule has 0 aromatic heterocycles. The molecule has 1 aliphatic heterocycles. The number of piperidine rings is 1. The van der Waals surface area contributed by atoms with Crippen molar-refractivity contribution in [3.63, 3.8) is 0 Å². The highest BCUT2D eigenvalue weighted by Crippen LogP contribution is 2.29. The van der Waals surface area contributed by atoms with Crippen LogP contribution in [-0.2, 0) is 19.1 Å². The molecule has 1 aliphatic rings. The molecule has 5 nitrogen and oxygen atoms in total. The molecular weight excluding hydrogens is 270 g/mol. The highest BCUT2D eigenvalue weighted by atomic mass is 16.5. The minimum atomic E-state index is -0.191. The highest BCUT2D eigenvalue weighted by molar-refractivity contribution is 5.79. The Kier molecular flexibility index (Phi) is 7.72. The Labute approximate surface area is 128 Å². The minimum Gasteiger partial charge on any atom is -0.466 e. The molecule has 0 aromatic rings. The van der Waals surface area contributed by atoms with Crippen LogP contribution in [0.25, 0.3) is 0 Å². The monoisotopic (exact) mass is 299 g/mol. The topological polar surface area (TPSA) is 55.8 Å². The zero-order valence-electron chi connectivity index (χ0n) is 13.8. The molecule has 0 saturated carbocycles. The van der Waals surface area contributed by atoms with Crippen LogP contribution in [0.5, 0.6) is 0 Å². The average Bonchev–Trinajstić information content (AvgIpc) is 2.44. The number of methoxy groups -OCH3 is 1. The number of likely N-dealkylation sites (tertiary alicyclic amines) is 1. The van der Waals surface area contributed by atoms with Gasteiger partial charge in [0.05, 0.1) is 12.5 Å². The van der Waals surface area contributed by atoms with Crippen LogP contribution in [0, 0.1) is 5.92 Å². The SMILES string of the molecule is CCOC(=O)[C@@H]1CC[C@H](C)N(C(=O)CCCCOC)[C@@H]1C. The normalized spacial score (nSPS) is 25.7. The smallest absolute Gasteiger partial charge is 0.311 e. The Morgan fingerprint density at radius 2 is 1.90 bits per heavy atom. The van der Waals surface area contributed by atoms with Crippen molar-refractivity contribution in [3.8, 4) is 0 Å². The van der Waals surface area contributed by atoms with E-state index >= 15 is 0 Å². The number of rotatable bonds is 7. The van der Waals surface area contributed by atoms with Gasteiger partial charge < -0.3 is 14.4 Å². The largest absolute Gasteiger partial charge is 0.466 e. The second-order valence-electron chi connectivity index (χ2n) is 5.78. The van der Waals surface area contributed by atoms with Crippen molar-refractivity contribution < 1.29 is 19.1 Å². The van der Waals surface area contributed by atoms with Gasteiger partial charge in [0.25, 0.3) is 0 Å². The summed E-state index contributed by atoms with van der Waals surface area (Å²) in [5.74, 6) is -0.224. The first kappa shape index (κ1) is 18.0. The summed E-state index contributed by atoms with van der Waals surface area (Å²) >= 11 is 0. The molecule has 0 bridgehead atoms. The molecule has 5 heteroatoms. The quantitative estimate of drug-likeness (QED) is 0.535. The van der Waals surface area contributed by atoms with E-state index in [0.29, 0.717) is 19.6 Å². The molecule has 0 aliphatic carbocycles. The first-order valence-electron chi connectivity index (χ1n) is 7.99. The lowest BCUT2D eigenvalue weighted by molar-refractivity contribution is -0.156. The highest BCUT2D eigenvalue weighted by Gasteiger charge is 2.39. The van der Waals surface area contributed by atoms with Crippen LogP contribution in [0.2, 0.25) is 0 Å². The minimum absolute atomic E-state index is 0.0808. The molecule has 0 spiro atoms. The van der Waals surface area contributed by atoms with E-state index in [-0.39, 0.29) is 29.9 Å². The fourth-order valence-electron chi connectivity index (χ4n) is 3.09. The van der Waals surface area contributed by atoms with Gasteiger partial charge in [0.15, 0.2) is 0 Å². The number of hydrogen-bond acceptors (Lipinski definition) is 4. The predicted molar refractivity (Wildman–Crippen MR) is 80.9 cm³/mol. The van der Waals surface area contributed by atoms with Crippen molar-refractivity contribution in [1.82, 2.24) is 4.90 Å². The van der Waals surface area contributed by atoms with E-state index in [0.717, 1.165) is 25.7 Å². The number of carbonyl (C=O) groups is 2. The van der Waals surface area contributed by atoms with Crippen LogP contribution >= 0.6 is 0 Å². The van der Waals surface area contributed by atoms with E-state index in [1.807, 2.05) is 18.7 Å². The van der Waals surface area contributed by atoms with Crippen LogP contribution in [0.3, 0.4) is 0 Å². The molecule has 1 fully saturated rings. The van der Waals surface area contributed by atoms with Crippen molar-refractivity contribution in [3.05, 3.63) is 0 Å². The van der Waals surface area contributed by atoms with Gasteiger partial charge >= 0.3 is 5.97 Å². The van der Waals surface area contributed by atoms with Crippen LogP contribution in [0.4, 0.5) is 0 Å². The fraction of sp³-hybridized carbons (Fsp3) is 0.875. The number of amides is 1. The first-order valence-corrected chi connectivity index (χ1v) is 7.99. The summed E-state index contributed by atoms with van der Waals surface area (Å²) in [6.45, 7) is 6.91. The molecule has 1 saturated heterocycles. The van der Waals surface area contributed by atoms with Gasteiger partial charge in [-0.05, 0) is 46.5 Å². The second kappa shape index (κ2) is 9.03. The third-order valence-corrected chi connectivity index (χ3v) is 4.26. The zero-order chi connectivity index (χ0) is 15.8. The van der Waals surface area contributed by atoms with Gasteiger partial charge in [-0.3, -0.25) is 9.59 Å². The maximum Gasteiger partial charge on any atom is 0.311 e. The summed E-state index contributed by atoms with van der Waals surface area (Å²) in [7, 11) is 1.67. The van der Waals surface area contributed by atoms with Gasteiger partial charge in [-0.2, -0.15) is 0 Å². The Morgan fingerprint density at radius 1 is 1.19 bits per heavy atom.